The maximum atomic E-state index is 12.4. The van der Waals surface area contributed by atoms with Gasteiger partial charge in [-0.2, -0.15) is 5.26 Å². The summed E-state index contributed by atoms with van der Waals surface area (Å²) in [4.78, 5) is 24.6. The third-order valence-corrected chi connectivity index (χ3v) is 6.70. The normalized spacial score (nSPS) is 19.4. The Bertz CT molecular complexity index is 969. The maximum Gasteiger partial charge on any atom is 0.349 e. The minimum absolute atomic E-state index is 0.0316. The van der Waals surface area contributed by atoms with Crippen LogP contribution in [0.5, 0.6) is 0 Å². The van der Waals surface area contributed by atoms with Gasteiger partial charge in [0.25, 0.3) is 5.91 Å². The van der Waals surface area contributed by atoms with E-state index in [-0.39, 0.29) is 17.1 Å². The molecule has 2 heterocycles. The Labute approximate surface area is 171 Å². The standard InChI is InChI=1S/C20H27N3O5S/c1-5-7-23-13(2)9-16(14(23)3)10-17(11-21)20(25)28-15(4)19(24)22-18-6-8-29(26,27)12-18/h9-10,15,18H,5-8,12H2,1-4H3,(H,22,24)/b17-10+/t15-,18-/m1/s1. The summed E-state index contributed by atoms with van der Waals surface area (Å²) in [6.07, 6.45) is 1.62. The third-order valence-electron chi connectivity index (χ3n) is 4.93. The molecule has 1 aliphatic rings. The van der Waals surface area contributed by atoms with E-state index in [2.05, 4.69) is 16.8 Å². The summed E-state index contributed by atoms with van der Waals surface area (Å²) in [6, 6.07) is 3.25. The summed E-state index contributed by atoms with van der Waals surface area (Å²) in [5.41, 5.74) is 2.52. The Kier molecular flexibility index (Phi) is 7.25. The highest BCUT2D eigenvalue weighted by molar-refractivity contribution is 7.91. The number of aromatic nitrogens is 1. The largest absolute Gasteiger partial charge is 0.448 e. The predicted molar refractivity (Wildman–Crippen MR) is 109 cm³/mol. The molecule has 2 atom stereocenters. The molecule has 1 saturated heterocycles. The molecule has 1 aromatic heterocycles. The Morgan fingerprint density at radius 3 is 2.69 bits per heavy atom. The number of nitriles is 1. The summed E-state index contributed by atoms with van der Waals surface area (Å²) in [5.74, 6) is -1.56. The molecule has 8 nitrogen and oxygen atoms in total. The quantitative estimate of drug-likeness (QED) is 0.406. The van der Waals surface area contributed by atoms with Crippen molar-refractivity contribution >= 4 is 27.8 Å². The van der Waals surface area contributed by atoms with Gasteiger partial charge in [-0.05, 0) is 51.3 Å². The van der Waals surface area contributed by atoms with Gasteiger partial charge in [0.05, 0.1) is 11.5 Å². The molecule has 1 amide bonds. The van der Waals surface area contributed by atoms with Crippen molar-refractivity contribution in [1.82, 2.24) is 9.88 Å². The second-order valence-electron chi connectivity index (χ2n) is 7.30. The van der Waals surface area contributed by atoms with E-state index in [1.54, 1.807) is 0 Å². The lowest BCUT2D eigenvalue weighted by atomic mass is 10.1. The van der Waals surface area contributed by atoms with Gasteiger partial charge in [-0.15, -0.1) is 0 Å². The molecule has 1 fully saturated rings. The zero-order valence-electron chi connectivity index (χ0n) is 17.2. The number of hydrogen-bond donors (Lipinski definition) is 1. The van der Waals surface area contributed by atoms with Gasteiger partial charge in [-0.3, -0.25) is 4.79 Å². The molecule has 2 rings (SSSR count). The van der Waals surface area contributed by atoms with Crippen molar-refractivity contribution in [2.24, 2.45) is 0 Å². The zero-order chi connectivity index (χ0) is 21.8. The average molecular weight is 422 g/mol. The zero-order valence-corrected chi connectivity index (χ0v) is 18.0. The van der Waals surface area contributed by atoms with Gasteiger partial charge in [0.15, 0.2) is 15.9 Å². The SMILES string of the molecule is CCCn1c(C)cc(/C=C(\C#N)C(=O)O[C@H](C)C(=O)N[C@@H]2CCS(=O)(=O)C2)c1C. The van der Waals surface area contributed by atoms with Gasteiger partial charge >= 0.3 is 5.97 Å². The van der Waals surface area contributed by atoms with Crippen molar-refractivity contribution in [1.29, 1.82) is 5.26 Å². The van der Waals surface area contributed by atoms with Crippen LogP contribution in [0.15, 0.2) is 11.6 Å². The van der Waals surface area contributed by atoms with Crippen molar-refractivity contribution < 1.29 is 22.7 Å². The van der Waals surface area contributed by atoms with E-state index in [4.69, 9.17) is 4.74 Å². The van der Waals surface area contributed by atoms with Gasteiger partial charge in [-0.1, -0.05) is 6.92 Å². The topological polar surface area (TPSA) is 118 Å². The molecule has 1 aromatic rings. The molecule has 1 N–H and O–H groups in total. The van der Waals surface area contributed by atoms with E-state index in [9.17, 15) is 23.3 Å². The van der Waals surface area contributed by atoms with Crippen LogP contribution in [0.4, 0.5) is 0 Å². The van der Waals surface area contributed by atoms with E-state index in [1.807, 2.05) is 26.0 Å². The number of rotatable bonds is 7. The van der Waals surface area contributed by atoms with Crippen molar-refractivity contribution in [3.63, 3.8) is 0 Å². The lowest BCUT2D eigenvalue weighted by Gasteiger charge is -2.16. The van der Waals surface area contributed by atoms with Gasteiger partial charge in [-0.25, -0.2) is 13.2 Å². The van der Waals surface area contributed by atoms with Crippen molar-refractivity contribution in [3.8, 4) is 6.07 Å². The first-order chi connectivity index (χ1) is 13.6. The van der Waals surface area contributed by atoms with Crippen LogP contribution in [-0.4, -0.2) is 48.5 Å². The number of aryl methyl sites for hydroxylation is 1. The monoisotopic (exact) mass is 421 g/mol. The molecule has 0 spiro atoms. The maximum absolute atomic E-state index is 12.4. The number of nitrogens with one attached hydrogen (secondary N) is 1. The number of ether oxygens (including phenoxy) is 1. The van der Waals surface area contributed by atoms with Gasteiger partial charge < -0.3 is 14.6 Å². The van der Waals surface area contributed by atoms with E-state index in [0.29, 0.717) is 6.42 Å². The fraction of sp³-hybridized carbons (Fsp3) is 0.550. The molecule has 9 heteroatoms. The van der Waals surface area contributed by atoms with Crippen LogP contribution in [-0.2, 0) is 30.7 Å². The molecular formula is C20H27N3O5S. The highest BCUT2D eigenvalue weighted by Gasteiger charge is 2.31. The summed E-state index contributed by atoms with van der Waals surface area (Å²) in [6.45, 7) is 8.17. The van der Waals surface area contributed by atoms with E-state index < -0.39 is 33.9 Å². The molecule has 0 aromatic carbocycles. The summed E-state index contributed by atoms with van der Waals surface area (Å²) >= 11 is 0. The molecule has 158 valence electrons. The van der Waals surface area contributed by atoms with E-state index >= 15 is 0 Å². The number of esters is 1. The fourth-order valence-electron chi connectivity index (χ4n) is 3.34. The van der Waals surface area contributed by atoms with Gasteiger partial charge in [0.1, 0.15) is 11.6 Å². The Morgan fingerprint density at radius 1 is 1.45 bits per heavy atom. The van der Waals surface area contributed by atoms with Crippen molar-refractivity contribution in [2.75, 3.05) is 11.5 Å². The molecule has 0 saturated carbocycles. The number of amides is 1. The lowest BCUT2D eigenvalue weighted by Crippen LogP contribution is -2.42. The molecule has 0 radical (unpaired) electrons. The average Bonchev–Trinajstić information content (AvgIpc) is 3.12. The molecule has 1 aliphatic heterocycles. The Hall–Kier alpha value is -2.60. The predicted octanol–water partition coefficient (Wildman–Crippen LogP) is 1.66. The van der Waals surface area contributed by atoms with Crippen LogP contribution in [0.1, 0.15) is 43.6 Å². The number of carbonyl (C=O) groups is 2. The van der Waals surface area contributed by atoms with Crippen LogP contribution in [0, 0.1) is 25.2 Å². The summed E-state index contributed by atoms with van der Waals surface area (Å²) in [7, 11) is -3.13. The van der Waals surface area contributed by atoms with Crippen LogP contribution in [0.25, 0.3) is 6.08 Å². The number of carbonyl (C=O) groups excluding carboxylic acids is 2. The number of sulfone groups is 1. The Balaban J connectivity index is 2.06. The summed E-state index contributed by atoms with van der Waals surface area (Å²) < 4.78 is 30.2. The van der Waals surface area contributed by atoms with Crippen LogP contribution in [0.2, 0.25) is 0 Å². The molecular weight excluding hydrogens is 394 g/mol. The Morgan fingerprint density at radius 2 is 2.14 bits per heavy atom. The number of hydrogen-bond acceptors (Lipinski definition) is 6. The minimum atomic E-state index is -3.13. The molecule has 0 aliphatic carbocycles. The van der Waals surface area contributed by atoms with Crippen molar-refractivity contribution in [2.45, 2.75) is 59.2 Å². The van der Waals surface area contributed by atoms with E-state index in [0.717, 1.165) is 29.9 Å². The highest BCUT2D eigenvalue weighted by Crippen LogP contribution is 2.19. The smallest absolute Gasteiger partial charge is 0.349 e. The molecule has 0 bridgehead atoms. The van der Waals surface area contributed by atoms with Crippen molar-refractivity contribution in [3.05, 3.63) is 28.6 Å². The second-order valence-corrected chi connectivity index (χ2v) is 9.53. The second kappa shape index (κ2) is 9.27. The van der Waals surface area contributed by atoms with Crippen LogP contribution >= 0.6 is 0 Å². The molecule has 0 unspecified atom stereocenters. The first-order valence-electron chi connectivity index (χ1n) is 9.58. The van der Waals surface area contributed by atoms with Gasteiger partial charge in [0, 0.05) is 24.0 Å². The first-order valence-corrected chi connectivity index (χ1v) is 11.4. The van der Waals surface area contributed by atoms with Crippen LogP contribution < -0.4 is 5.32 Å². The fourth-order valence-corrected chi connectivity index (χ4v) is 5.01. The van der Waals surface area contributed by atoms with Gasteiger partial charge in [0.2, 0.25) is 0 Å². The highest BCUT2D eigenvalue weighted by atomic mass is 32.2. The molecule has 29 heavy (non-hydrogen) atoms. The third kappa shape index (κ3) is 5.70. The van der Waals surface area contributed by atoms with Crippen LogP contribution in [0.3, 0.4) is 0 Å². The first kappa shape index (κ1) is 22.7. The van der Waals surface area contributed by atoms with E-state index in [1.165, 1.54) is 13.0 Å². The summed E-state index contributed by atoms with van der Waals surface area (Å²) in [5, 5.41) is 12.0. The number of nitrogens with zero attached hydrogens (tertiary/aromatic N) is 2. The lowest BCUT2D eigenvalue weighted by molar-refractivity contribution is -0.150. The minimum Gasteiger partial charge on any atom is -0.448 e.